The van der Waals surface area contributed by atoms with Crippen LogP contribution in [0.25, 0.3) is 55.7 Å². The highest BCUT2D eigenvalue weighted by atomic mass is 15.0. The summed E-state index contributed by atoms with van der Waals surface area (Å²) in [7, 11) is 0. The molecule has 4 aliphatic rings. The molecule has 1 aromatic heterocycles. The van der Waals surface area contributed by atoms with E-state index in [1.165, 1.54) is 88.6 Å². The first-order valence-corrected chi connectivity index (χ1v) is 18.1. The fourth-order valence-corrected chi connectivity index (χ4v) is 9.39. The van der Waals surface area contributed by atoms with E-state index in [-0.39, 0.29) is 5.41 Å². The van der Waals surface area contributed by atoms with Gasteiger partial charge in [0.25, 0.3) is 0 Å². The Morgan fingerprint density at radius 1 is 0.706 bits per heavy atom. The third kappa shape index (κ3) is 4.09. The van der Waals surface area contributed by atoms with Crippen molar-refractivity contribution in [1.82, 2.24) is 4.57 Å². The molecule has 6 aromatic rings. The van der Waals surface area contributed by atoms with Gasteiger partial charge in [-0.05, 0) is 122 Å². The van der Waals surface area contributed by atoms with Crippen molar-refractivity contribution in [3.63, 3.8) is 0 Å². The zero-order chi connectivity index (χ0) is 34.1. The van der Waals surface area contributed by atoms with Crippen LogP contribution < -0.4 is 0 Å². The molecule has 1 heterocycles. The van der Waals surface area contributed by atoms with E-state index in [4.69, 9.17) is 0 Å². The second kappa shape index (κ2) is 11.4. The van der Waals surface area contributed by atoms with Crippen molar-refractivity contribution in [2.45, 2.75) is 25.2 Å². The van der Waals surface area contributed by atoms with Crippen molar-refractivity contribution in [3.8, 4) is 11.1 Å². The molecule has 0 saturated carbocycles. The molecule has 0 N–H and O–H groups in total. The molecule has 0 amide bonds. The van der Waals surface area contributed by atoms with Crippen LogP contribution in [0, 0.1) is 0 Å². The van der Waals surface area contributed by atoms with E-state index in [0.29, 0.717) is 0 Å². The van der Waals surface area contributed by atoms with Crippen LogP contribution in [0.4, 0.5) is 0 Å². The monoisotopic (exact) mass is 651 g/mol. The molecule has 0 saturated heterocycles. The maximum absolute atomic E-state index is 4.12. The van der Waals surface area contributed by atoms with Crippen molar-refractivity contribution >= 4 is 44.6 Å². The van der Waals surface area contributed by atoms with E-state index in [9.17, 15) is 0 Å². The number of benzene rings is 5. The van der Waals surface area contributed by atoms with Gasteiger partial charge in [0, 0.05) is 11.1 Å². The minimum atomic E-state index is -0.389. The maximum atomic E-state index is 4.12. The average molecular weight is 652 g/mol. The van der Waals surface area contributed by atoms with E-state index in [0.717, 1.165) is 18.5 Å². The fraction of sp³-hybridized carbons (Fsp3) is 0.0800. The van der Waals surface area contributed by atoms with Crippen LogP contribution >= 0.6 is 0 Å². The molecule has 1 spiro atoms. The molecule has 0 bridgehead atoms. The van der Waals surface area contributed by atoms with Gasteiger partial charge in [-0.3, -0.25) is 0 Å². The second-order valence-electron chi connectivity index (χ2n) is 13.9. The van der Waals surface area contributed by atoms with E-state index in [1.54, 1.807) is 0 Å². The Labute approximate surface area is 299 Å². The molecule has 1 atom stereocenters. The van der Waals surface area contributed by atoms with Crippen LogP contribution in [0.2, 0.25) is 0 Å². The first-order chi connectivity index (χ1) is 25.2. The molecule has 5 aromatic carbocycles. The van der Waals surface area contributed by atoms with Gasteiger partial charge in [-0.1, -0.05) is 146 Å². The van der Waals surface area contributed by atoms with Crippen LogP contribution in [0.5, 0.6) is 0 Å². The Balaban J connectivity index is 1.29. The molecule has 4 aliphatic carbocycles. The Morgan fingerprint density at radius 2 is 1.45 bits per heavy atom. The van der Waals surface area contributed by atoms with E-state index >= 15 is 0 Å². The number of rotatable bonds is 4. The van der Waals surface area contributed by atoms with Crippen LogP contribution in [-0.2, 0) is 11.8 Å². The Morgan fingerprint density at radius 3 is 2.31 bits per heavy atom. The number of hydrogen-bond acceptors (Lipinski definition) is 0. The summed E-state index contributed by atoms with van der Waals surface area (Å²) in [6.45, 7) is 6.21. The van der Waals surface area contributed by atoms with Crippen LogP contribution in [-0.4, -0.2) is 4.57 Å². The standard InChI is InChI=1S/C50H37N/c1-3-15-35(16-4-2)51-48-30-28-34(37-23-14-18-33-17-8-9-19-36(33)37)27-29-41(48)43-31-47-42(32-49(43)51)40-22-11-13-26-46(40)50(47)44-24-7-5-6-20-38(44)39-21-10-12-25-45(39)50/h3-4,6-28,30-32H,1,5,29H2,2H3/b16-4-,35-15+. The van der Waals surface area contributed by atoms with Crippen LogP contribution in [0.3, 0.4) is 0 Å². The molecule has 0 fully saturated rings. The number of allylic oxidation sites excluding steroid dienone is 14. The summed E-state index contributed by atoms with van der Waals surface area (Å²) in [4.78, 5) is 0. The molecular weight excluding hydrogens is 615 g/mol. The van der Waals surface area contributed by atoms with Gasteiger partial charge >= 0.3 is 0 Å². The van der Waals surface area contributed by atoms with Gasteiger partial charge in [0.15, 0.2) is 0 Å². The van der Waals surface area contributed by atoms with Gasteiger partial charge in [0.1, 0.15) is 0 Å². The van der Waals surface area contributed by atoms with E-state index in [1.807, 2.05) is 6.08 Å². The summed E-state index contributed by atoms with van der Waals surface area (Å²) >= 11 is 0. The Bertz CT molecular complexity index is 2700. The fourth-order valence-electron chi connectivity index (χ4n) is 9.39. The SMILES string of the molecule is C=C/C=C(\C=C/C)n1c2c(c3cc4c(cc31)-c1ccccc1C41C3=C(C=CCC=C3)c3ccccc31)CC=C(c1cccc3ccccc13)C=C2. The minimum absolute atomic E-state index is 0.389. The number of aromatic nitrogens is 1. The van der Waals surface area contributed by atoms with Gasteiger partial charge in [0.05, 0.1) is 16.6 Å². The predicted molar refractivity (Wildman–Crippen MR) is 217 cm³/mol. The molecular formula is C50H37N. The quantitative estimate of drug-likeness (QED) is 0.167. The largest absolute Gasteiger partial charge is 0.310 e. The Kier molecular flexibility index (Phi) is 6.66. The van der Waals surface area contributed by atoms with Crippen LogP contribution in [0.1, 0.15) is 52.4 Å². The smallest absolute Gasteiger partial charge is 0.0725 e. The number of hydrogen-bond donors (Lipinski definition) is 0. The van der Waals surface area contributed by atoms with Crippen molar-refractivity contribution < 1.29 is 0 Å². The lowest BCUT2D eigenvalue weighted by Crippen LogP contribution is -2.26. The first-order valence-electron chi connectivity index (χ1n) is 18.1. The van der Waals surface area contributed by atoms with Gasteiger partial charge in [0.2, 0.25) is 0 Å². The predicted octanol–water partition coefficient (Wildman–Crippen LogP) is 12.6. The molecule has 242 valence electrons. The molecule has 51 heavy (non-hydrogen) atoms. The average Bonchev–Trinajstić information content (AvgIpc) is 3.52. The topological polar surface area (TPSA) is 4.93 Å². The van der Waals surface area contributed by atoms with Crippen LogP contribution in [0.15, 0.2) is 176 Å². The normalized spacial score (nSPS) is 18.5. The summed E-state index contributed by atoms with van der Waals surface area (Å²) in [5.41, 5.74) is 17.8. The summed E-state index contributed by atoms with van der Waals surface area (Å²) in [6.07, 6.45) is 26.6. The number of fused-ring (bicyclic) bond motifs is 13. The Hall–Kier alpha value is -6.18. The van der Waals surface area contributed by atoms with Gasteiger partial charge in [-0.15, -0.1) is 0 Å². The molecule has 10 rings (SSSR count). The first kappa shape index (κ1) is 29.7. The molecule has 1 nitrogen and oxygen atoms in total. The van der Waals surface area contributed by atoms with Gasteiger partial charge in [-0.25, -0.2) is 0 Å². The third-order valence-electron chi connectivity index (χ3n) is 11.4. The third-order valence-corrected chi connectivity index (χ3v) is 11.4. The summed E-state index contributed by atoms with van der Waals surface area (Å²) in [5.74, 6) is 0. The van der Waals surface area contributed by atoms with Crippen molar-refractivity contribution in [1.29, 1.82) is 0 Å². The molecule has 0 radical (unpaired) electrons. The molecule has 0 aliphatic heterocycles. The molecule has 1 unspecified atom stereocenters. The summed E-state index contributed by atoms with van der Waals surface area (Å²) < 4.78 is 2.46. The second-order valence-corrected chi connectivity index (χ2v) is 13.9. The zero-order valence-electron chi connectivity index (χ0n) is 28.7. The van der Waals surface area contributed by atoms with E-state index < -0.39 is 0 Å². The highest BCUT2D eigenvalue weighted by molar-refractivity contribution is 6.05. The van der Waals surface area contributed by atoms with Gasteiger partial charge < -0.3 is 4.57 Å². The maximum Gasteiger partial charge on any atom is 0.0725 e. The van der Waals surface area contributed by atoms with Crippen molar-refractivity contribution in [2.24, 2.45) is 0 Å². The van der Waals surface area contributed by atoms with Gasteiger partial charge in [-0.2, -0.15) is 0 Å². The lowest BCUT2D eigenvalue weighted by molar-refractivity contribution is 0.787. The highest BCUT2D eigenvalue weighted by Crippen LogP contribution is 2.63. The van der Waals surface area contributed by atoms with Crippen molar-refractivity contribution in [2.75, 3.05) is 0 Å². The summed E-state index contributed by atoms with van der Waals surface area (Å²) in [5, 5.41) is 3.84. The summed E-state index contributed by atoms with van der Waals surface area (Å²) in [6, 6.07) is 38.6. The molecule has 1 heteroatoms. The number of nitrogens with zero attached hydrogens (tertiary/aromatic N) is 1. The van der Waals surface area contributed by atoms with Crippen molar-refractivity contribution in [3.05, 3.63) is 215 Å². The van der Waals surface area contributed by atoms with E-state index in [2.05, 4.69) is 182 Å². The minimum Gasteiger partial charge on any atom is -0.310 e. The lowest BCUT2D eigenvalue weighted by Gasteiger charge is -2.31. The lowest BCUT2D eigenvalue weighted by atomic mass is 9.69. The zero-order valence-corrected chi connectivity index (χ0v) is 28.7. The highest BCUT2D eigenvalue weighted by Gasteiger charge is 2.52.